The van der Waals surface area contributed by atoms with Gasteiger partial charge >= 0.3 is 5.97 Å². The van der Waals surface area contributed by atoms with Crippen LogP contribution in [0.1, 0.15) is 59.3 Å². The number of nitrogens with zero attached hydrogens (tertiary/aromatic N) is 1. The summed E-state index contributed by atoms with van der Waals surface area (Å²) in [5.74, 6) is -0.722. The number of hydrogen-bond acceptors (Lipinski definition) is 4. The lowest BCUT2D eigenvalue weighted by Crippen LogP contribution is -2.46. The van der Waals surface area contributed by atoms with Gasteiger partial charge in [-0.05, 0) is 46.5 Å². The Morgan fingerprint density at radius 2 is 2.08 bits per heavy atom. The van der Waals surface area contributed by atoms with Crippen LogP contribution in [0.25, 0.3) is 0 Å². The molecular formula is C19H30N2O4. The zero-order valence-corrected chi connectivity index (χ0v) is 15.5. The van der Waals surface area contributed by atoms with Gasteiger partial charge in [0.25, 0.3) is 0 Å². The number of nitrogens with one attached hydrogen (secondary N) is 1. The van der Waals surface area contributed by atoms with Crippen molar-refractivity contribution in [3.8, 4) is 0 Å². The summed E-state index contributed by atoms with van der Waals surface area (Å²) in [5, 5.41) is 2.92. The zero-order valence-electron chi connectivity index (χ0n) is 15.5. The maximum absolute atomic E-state index is 13.0. The van der Waals surface area contributed by atoms with Crippen molar-refractivity contribution in [1.82, 2.24) is 10.2 Å². The van der Waals surface area contributed by atoms with Crippen molar-refractivity contribution < 1.29 is 19.1 Å². The summed E-state index contributed by atoms with van der Waals surface area (Å²) in [7, 11) is 0. The monoisotopic (exact) mass is 350 g/mol. The van der Waals surface area contributed by atoms with E-state index in [-0.39, 0.29) is 30.2 Å². The summed E-state index contributed by atoms with van der Waals surface area (Å²) in [5.41, 5.74) is -0.554. The Hall–Kier alpha value is -1.85. The average Bonchev–Trinajstić information content (AvgIpc) is 2.96. The second kappa shape index (κ2) is 8.50. The molecule has 1 saturated heterocycles. The lowest BCUT2D eigenvalue weighted by atomic mass is 9.98. The standard InChI is InChI=1S/C19H30N2O4/c1-19(2,3)25-17(23)12-14-8-5-4-6-10-16(22)20-13-15-9-7-11-21(15)18(14)24/h4-5,14-15H,6-13H2,1-3H3,(H,20,22)/b5-4+/t14-,15-/m0/s1. The van der Waals surface area contributed by atoms with Crippen molar-refractivity contribution in [3.05, 3.63) is 12.2 Å². The van der Waals surface area contributed by atoms with E-state index < -0.39 is 11.5 Å². The molecule has 25 heavy (non-hydrogen) atoms. The van der Waals surface area contributed by atoms with Gasteiger partial charge in [0.2, 0.25) is 11.8 Å². The quantitative estimate of drug-likeness (QED) is 0.612. The van der Waals surface area contributed by atoms with Crippen molar-refractivity contribution in [2.24, 2.45) is 5.92 Å². The molecule has 0 spiro atoms. The minimum Gasteiger partial charge on any atom is -0.460 e. The van der Waals surface area contributed by atoms with Crippen LogP contribution in [0.5, 0.6) is 0 Å². The molecule has 0 unspecified atom stereocenters. The molecule has 0 aromatic carbocycles. The summed E-state index contributed by atoms with van der Waals surface area (Å²) in [6.07, 6.45) is 7.34. The van der Waals surface area contributed by atoms with E-state index in [2.05, 4.69) is 5.32 Å². The Labute approximate surface area is 150 Å². The van der Waals surface area contributed by atoms with Crippen LogP contribution in [0.15, 0.2) is 12.2 Å². The number of carbonyl (C=O) groups excluding carboxylic acids is 3. The third-order valence-electron chi connectivity index (χ3n) is 4.50. The van der Waals surface area contributed by atoms with E-state index in [1.165, 1.54) is 0 Å². The maximum atomic E-state index is 13.0. The number of carbonyl (C=O) groups is 3. The minimum atomic E-state index is -0.554. The van der Waals surface area contributed by atoms with Crippen LogP contribution in [-0.2, 0) is 19.1 Å². The minimum absolute atomic E-state index is 0.00664. The number of allylic oxidation sites excluding steroid dienone is 2. The lowest BCUT2D eigenvalue weighted by molar-refractivity contribution is -0.158. The zero-order chi connectivity index (χ0) is 18.4. The van der Waals surface area contributed by atoms with Gasteiger partial charge in [-0.25, -0.2) is 0 Å². The van der Waals surface area contributed by atoms with Gasteiger partial charge < -0.3 is 15.0 Å². The fraction of sp³-hybridized carbons (Fsp3) is 0.737. The molecule has 1 N–H and O–H groups in total. The topological polar surface area (TPSA) is 75.7 Å². The fourth-order valence-electron chi connectivity index (χ4n) is 3.34. The summed E-state index contributed by atoms with van der Waals surface area (Å²) >= 11 is 0. The summed E-state index contributed by atoms with van der Waals surface area (Å²) in [4.78, 5) is 38.8. The first-order valence-corrected chi connectivity index (χ1v) is 9.20. The van der Waals surface area contributed by atoms with E-state index in [0.29, 0.717) is 32.4 Å². The van der Waals surface area contributed by atoms with Crippen molar-refractivity contribution in [2.75, 3.05) is 13.1 Å². The van der Waals surface area contributed by atoms with E-state index in [1.54, 1.807) is 0 Å². The lowest BCUT2D eigenvalue weighted by Gasteiger charge is -2.29. The molecule has 140 valence electrons. The van der Waals surface area contributed by atoms with E-state index >= 15 is 0 Å². The molecule has 2 aliphatic rings. The van der Waals surface area contributed by atoms with Gasteiger partial charge in [0.1, 0.15) is 5.60 Å². The van der Waals surface area contributed by atoms with E-state index in [0.717, 1.165) is 12.8 Å². The van der Waals surface area contributed by atoms with Gasteiger partial charge in [0.05, 0.1) is 12.3 Å². The SMILES string of the molecule is CC(C)(C)OC(=O)C[C@@H]1C/C=C/CCC(=O)NC[C@@H]2CCCN2C1=O. The molecule has 2 heterocycles. The van der Waals surface area contributed by atoms with Gasteiger partial charge in [0, 0.05) is 25.6 Å². The molecule has 1 fully saturated rings. The van der Waals surface area contributed by atoms with Crippen molar-refractivity contribution in [3.63, 3.8) is 0 Å². The predicted octanol–water partition coefficient (Wildman–Crippen LogP) is 2.18. The molecule has 0 aliphatic carbocycles. The van der Waals surface area contributed by atoms with Crippen LogP contribution in [0.2, 0.25) is 0 Å². The summed E-state index contributed by atoms with van der Waals surface area (Å²) < 4.78 is 5.40. The van der Waals surface area contributed by atoms with Crippen molar-refractivity contribution in [2.45, 2.75) is 70.9 Å². The number of rotatable bonds is 2. The second-order valence-electron chi connectivity index (χ2n) is 7.87. The van der Waals surface area contributed by atoms with Gasteiger partial charge in [-0.15, -0.1) is 0 Å². The van der Waals surface area contributed by atoms with Crippen molar-refractivity contribution in [1.29, 1.82) is 0 Å². The van der Waals surface area contributed by atoms with E-state index in [1.807, 2.05) is 37.8 Å². The summed E-state index contributed by atoms with van der Waals surface area (Å²) in [6, 6.07) is 0.0287. The third-order valence-corrected chi connectivity index (χ3v) is 4.50. The molecule has 2 rings (SSSR count). The Morgan fingerprint density at radius 1 is 1.32 bits per heavy atom. The van der Waals surface area contributed by atoms with Gasteiger partial charge in [-0.3, -0.25) is 14.4 Å². The largest absolute Gasteiger partial charge is 0.460 e. The Bertz CT molecular complexity index is 536. The Balaban J connectivity index is 2.11. The highest BCUT2D eigenvalue weighted by Gasteiger charge is 2.34. The van der Waals surface area contributed by atoms with Gasteiger partial charge in [-0.2, -0.15) is 0 Å². The highest BCUT2D eigenvalue weighted by atomic mass is 16.6. The predicted molar refractivity (Wildman–Crippen MR) is 94.7 cm³/mol. The van der Waals surface area contributed by atoms with Crippen molar-refractivity contribution >= 4 is 17.8 Å². The maximum Gasteiger partial charge on any atom is 0.307 e. The van der Waals surface area contributed by atoms with Gasteiger partial charge in [0.15, 0.2) is 0 Å². The molecular weight excluding hydrogens is 320 g/mol. The smallest absolute Gasteiger partial charge is 0.307 e. The van der Waals surface area contributed by atoms with Crippen LogP contribution in [0.3, 0.4) is 0 Å². The highest BCUT2D eigenvalue weighted by Crippen LogP contribution is 2.24. The molecule has 2 atom stereocenters. The number of fused-ring (bicyclic) bond motifs is 1. The van der Waals surface area contributed by atoms with E-state index in [9.17, 15) is 14.4 Å². The van der Waals surface area contributed by atoms with Crippen LogP contribution < -0.4 is 5.32 Å². The van der Waals surface area contributed by atoms with Gasteiger partial charge in [-0.1, -0.05) is 12.2 Å². The number of esters is 1. The number of amides is 2. The molecule has 0 bridgehead atoms. The first-order chi connectivity index (χ1) is 11.8. The normalized spacial score (nSPS) is 26.9. The molecule has 0 aromatic heterocycles. The Morgan fingerprint density at radius 3 is 2.80 bits per heavy atom. The number of hydrogen-bond donors (Lipinski definition) is 1. The molecule has 2 aliphatic heterocycles. The molecule has 0 radical (unpaired) electrons. The van der Waals surface area contributed by atoms with Crippen LogP contribution in [-0.4, -0.2) is 47.4 Å². The van der Waals surface area contributed by atoms with Crippen LogP contribution >= 0.6 is 0 Å². The fourth-order valence-corrected chi connectivity index (χ4v) is 3.34. The molecule has 2 amide bonds. The highest BCUT2D eigenvalue weighted by molar-refractivity contribution is 5.84. The van der Waals surface area contributed by atoms with Crippen LogP contribution in [0.4, 0.5) is 0 Å². The Kier molecular flexibility index (Phi) is 6.62. The molecule has 0 aromatic rings. The third kappa shape index (κ3) is 6.18. The first-order valence-electron chi connectivity index (χ1n) is 9.20. The molecule has 6 heteroatoms. The van der Waals surface area contributed by atoms with Crippen LogP contribution in [0, 0.1) is 5.92 Å². The summed E-state index contributed by atoms with van der Waals surface area (Å²) in [6.45, 7) is 6.66. The molecule has 6 nitrogen and oxygen atoms in total. The molecule has 0 saturated carbocycles. The average molecular weight is 350 g/mol. The first kappa shape index (κ1) is 19.5. The second-order valence-corrected chi connectivity index (χ2v) is 7.87. The number of ether oxygens (including phenoxy) is 1. The van der Waals surface area contributed by atoms with E-state index in [4.69, 9.17) is 4.74 Å².